The average molecular weight is 323 g/mol. The molecule has 0 bridgehead atoms. The Labute approximate surface area is 131 Å². The third-order valence-electron chi connectivity index (χ3n) is 2.37. The van der Waals surface area contributed by atoms with Gasteiger partial charge in [-0.2, -0.15) is 0 Å². The fraction of sp³-hybridized carbons (Fsp3) is 0.467. The SMILES string of the molecule is CN(C)C(=PC(=Nc1ccccc1)O[Si](C)(C)C)N(C)C. The monoisotopic (exact) mass is 323 g/mol. The average Bonchev–Trinajstić information content (AvgIpc) is 2.34. The van der Waals surface area contributed by atoms with E-state index in [9.17, 15) is 0 Å². The standard InChI is InChI=1S/C15H26N3OPSi/c1-17(2)15(18(3)4)20-14(19-21(5,6)7)16-13-11-9-8-10-12-13/h8-12H,1-7H3. The second kappa shape index (κ2) is 7.85. The molecule has 6 heteroatoms. The maximum Gasteiger partial charge on any atom is 0.244 e. The van der Waals surface area contributed by atoms with E-state index in [1.807, 2.05) is 58.5 Å². The lowest BCUT2D eigenvalue weighted by Gasteiger charge is -2.23. The van der Waals surface area contributed by atoms with E-state index in [4.69, 9.17) is 9.42 Å². The van der Waals surface area contributed by atoms with E-state index in [0.29, 0.717) is 0 Å². The second-order valence-corrected chi connectivity index (χ2v) is 11.6. The molecular weight excluding hydrogens is 297 g/mol. The van der Waals surface area contributed by atoms with Crippen molar-refractivity contribution in [1.29, 1.82) is 0 Å². The van der Waals surface area contributed by atoms with Crippen molar-refractivity contribution in [2.75, 3.05) is 28.2 Å². The second-order valence-electron chi connectivity index (χ2n) is 6.15. The Hall–Kier alpha value is -1.00. The van der Waals surface area contributed by atoms with Gasteiger partial charge in [-0.3, -0.25) is 9.80 Å². The lowest BCUT2D eigenvalue weighted by atomic mass is 10.3. The van der Waals surface area contributed by atoms with Crippen LogP contribution in [0.15, 0.2) is 35.3 Å². The summed E-state index contributed by atoms with van der Waals surface area (Å²) in [7, 11) is 7.44. The normalized spacial score (nSPS) is 13.1. The Morgan fingerprint density at radius 3 is 1.95 bits per heavy atom. The van der Waals surface area contributed by atoms with E-state index < -0.39 is 8.32 Å². The molecule has 0 aliphatic carbocycles. The lowest BCUT2D eigenvalue weighted by Crippen LogP contribution is -2.35. The van der Waals surface area contributed by atoms with Crippen LogP contribution in [0.1, 0.15) is 0 Å². The van der Waals surface area contributed by atoms with Gasteiger partial charge in [0.2, 0.25) is 14.0 Å². The van der Waals surface area contributed by atoms with Crippen molar-refractivity contribution in [2.45, 2.75) is 19.6 Å². The summed E-state index contributed by atoms with van der Waals surface area (Å²) >= 11 is 0. The van der Waals surface area contributed by atoms with Crippen LogP contribution in [-0.2, 0) is 4.43 Å². The molecule has 0 aliphatic heterocycles. The zero-order valence-electron chi connectivity index (χ0n) is 14.1. The minimum Gasteiger partial charge on any atom is -0.528 e. The van der Waals surface area contributed by atoms with Gasteiger partial charge in [0.1, 0.15) is 0 Å². The summed E-state index contributed by atoms with van der Waals surface area (Å²) in [4.78, 5) is 8.88. The zero-order valence-corrected chi connectivity index (χ0v) is 16.0. The van der Waals surface area contributed by atoms with Crippen LogP contribution in [0.4, 0.5) is 5.69 Å². The molecule has 0 aliphatic rings. The van der Waals surface area contributed by atoms with Crippen LogP contribution in [0.3, 0.4) is 0 Å². The molecule has 0 saturated carbocycles. The van der Waals surface area contributed by atoms with Crippen molar-refractivity contribution < 1.29 is 4.43 Å². The van der Waals surface area contributed by atoms with Gasteiger partial charge in [0.25, 0.3) is 0 Å². The minimum absolute atomic E-state index is 0.762. The fourth-order valence-corrected chi connectivity index (χ4v) is 3.98. The predicted molar refractivity (Wildman–Crippen MR) is 97.3 cm³/mol. The molecule has 0 fully saturated rings. The third kappa shape index (κ3) is 7.00. The first-order chi connectivity index (χ1) is 9.69. The maximum atomic E-state index is 6.17. The van der Waals surface area contributed by atoms with Crippen molar-refractivity contribution in [3.8, 4) is 0 Å². The van der Waals surface area contributed by atoms with Crippen LogP contribution >= 0.6 is 8.20 Å². The van der Waals surface area contributed by atoms with Gasteiger partial charge >= 0.3 is 0 Å². The number of rotatable bonds is 5. The van der Waals surface area contributed by atoms with Crippen LogP contribution in [0.5, 0.6) is 0 Å². The number of hydrogen-bond donors (Lipinski definition) is 0. The first-order valence-electron chi connectivity index (χ1n) is 6.95. The molecule has 0 N–H and O–H groups in total. The molecule has 0 spiro atoms. The first-order valence-corrected chi connectivity index (χ1v) is 11.3. The molecule has 0 amide bonds. The van der Waals surface area contributed by atoms with E-state index in [2.05, 4.69) is 29.4 Å². The predicted octanol–water partition coefficient (Wildman–Crippen LogP) is 3.68. The molecule has 0 radical (unpaired) electrons. The highest BCUT2D eigenvalue weighted by Crippen LogP contribution is 2.20. The van der Waals surface area contributed by atoms with Crippen LogP contribution in [0.25, 0.3) is 0 Å². The molecule has 1 rings (SSSR count). The van der Waals surface area contributed by atoms with Gasteiger partial charge in [0.15, 0.2) is 0 Å². The summed E-state index contributed by atoms with van der Waals surface area (Å²) in [6, 6.07) is 9.96. The molecule has 4 nitrogen and oxygen atoms in total. The molecule has 116 valence electrons. The molecule has 1 aromatic carbocycles. The van der Waals surface area contributed by atoms with Crippen molar-refractivity contribution in [2.24, 2.45) is 4.99 Å². The third-order valence-corrected chi connectivity index (χ3v) is 4.73. The van der Waals surface area contributed by atoms with Crippen LogP contribution in [0.2, 0.25) is 19.6 Å². The van der Waals surface area contributed by atoms with Gasteiger partial charge < -0.3 is 4.43 Å². The summed E-state index contributed by atoms with van der Waals surface area (Å²) < 4.78 is 6.17. The largest absolute Gasteiger partial charge is 0.528 e. The van der Waals surface area contributed by atoms with E-state index in [0.717, 1.165) is 25.1 Å². The van der Waals surface area contributed by atoms with E-state index in [1.54, 1.807) is 0 Å². The Morgan fingerprint density at radius 1 is 1.00 bits per heavy atom. The maximum absolute atomic E-state index is 6.17. The molecule has 21 heavy (non-hydrogen) atoms. The van der Waals surface area contributed by atoms with Crippen LogP contribution in [0, 0.1) is 0 Å². The van der Waals surface area contributed by atoms with Crippen LogP contribution < -0.4 is 0 Å². The highest BCUT2D eigenvalue weighted by atomic mass is 31.1. The number of hydrogen-bond acceptors (Lipinski definition) is 2. The molecule has 1 aromatic rings. The lowest BCUT2D eigenvalue weighted by molar-refractivity contribution is 0.500. The van der Waals surface area contributed by atoms with Gasteiger partial charge in [-0.05, 0) is 60.0 Å². The van der Waals surface area contributed by atoms with Gasteiger partial charge in [-0.15, -0.1) is 0 Å². The molecule has 0 heterocycles. The number of para-hydroxylation sites is 1. The van der Waals surface area contributed by atoms with Crippen molar-refractivity contribution in [1.82, 2.24) is 9.80 Å². The summed E-state index contributed by atoms with van der Waals surface area (Å²) in [5, 5.41) is 0. The van der Waals surface area contributed by atoms with Gasteiger partial charge in [0, 0.05) is 8.20 Å². The minimum atomic E-state index is -1.70. The van der Waals surface area contributed by atoms with Crippen LogP contribution in [-0.4, -0.2) is 57.5 Å². The molecule has 0 unspecified atom stereocenters. The highest BCUT2D eigenvalue weighted by Gasteiger charge is 2.19. The van der Waals surface area contributed by atoms with Crippen molar-refractivity contribution in [3.63, 3.8) is 0 Å². The van der Waals surface area contributed by atoms with E-state index in [1.165, 1.54) is 0 Å². The molecule has 0 saturated heterocycles. The van der Waals surface area contributed by atoms with Crippen molar-refractivity contribution in [3.05, 3.63) is 30.3 Å². The number of benzene rings is 1. The number of aliphatic imine (C=N–C) groups is 1. The summed E-state index contributed by atoms with van der Waals surface area (Å²) in [5.74, 6) is 0. The van der Waals surface area contributed by atoms with Crippen molar-refractivity contribution >= 4 is 33.4 Å². The summed E-state index contributed by atoms with van der Waals surface area (Å²) in [5.41, 5.74) is 2.83. The van der Waals surface area contributed by atoms with Gasteiger partial charge in [-0.25, -0.2) is 4.99 Å². The number of nitrogens with zero attached hydrogens (tertiary/aromatic N) is 3. The zero-order chi connectivity index (χ0) is 16.0. The highest BCUT2D eigenvalue weighted by molar-refractivity contribution is 7.58. The molecule has 0 atom stereocenters. The van der Waals surface area contributed by atoms with E-state index >= 15 is 0 Å². The Bertz CT molecular complexity index is 497. The Morgan fingerprint density at radius 2 is 1.52 bits per heavy atom. The molecular formula is C15H26N3OPSi. The van der Waals surface area contributed by atoms with Gasteiger partial charge in [0.05, 0.1) is 11.2 Å². The smallest absolute Gasteiger partial charge is 0.244 e. The first kappa shape index (κ1) is 18.0. The summed E-state index contributed by atoms with van der Waals surface area (Å²) in [6.45, 7) is 6.52. The Kier molecular flexibility index (Phi) is 6.75. The Balaban J connectivity index is 3.20. The summed E-state index contributed by atoms with van der Waals surface area (Å²) in [6.07, 6.45) is 0. The van der Waals surface area contributed by atoms with E-state index in [-0.39, 0.29) is 0 Å². The fourth-order valence-electron chi connectivity index (χ4n) is 1.64. The topological polar surface area (TPSA) is 28.1 Å². The van der Waals surface area contributed by atoms with Gasteiger partial charge in [-0.1, -0.05) is 18.2 Å². The molecule has 0 aromatic heterocycles. The quantitative estimate of drug-likeness (QED) is 0.358.